The Bertz CT molecular complexity index is 544. The summed E-state index contributed by atoms with van der Waals surface area (Å²) in [5.74, 6) is 1.01. The van der Waals surface area contributed by atoms with Crippen LogP contribution in [0.25, 0.3) is 10.9 Å². The van der Waals surface area contributed by atoms with Crippen LogP contribution in [0.1, 0.15) is 39.2 Å². The fourth-order valence-electron chi connectivity index (χ4n) is 2.36. The first-order valence-corrected chi connectivity index (χ1v) is 6.66. The molecule has 0 unspecified atom stereocenters. The molecule has 0 radical (unpaired) electrons. The van der Waals surface area contributed by atoms with E-state index in [4.69, 9.17) is 4.98 Å². The summed E-state index contributed by atoms with van der Waals surface area (Å²) in [5, 5.41) is 4.77. The fourth-order valence-corrected chi connectivity index (χ4v) is 2.36. The van der Waals surface area contributed by atoms with E-state index >= 15 is 0 Å². The maximum atomic E-state index is 4.73. The van der Waals surface area contributed by atoms with Crippen molar-refractivity contribution in [2.75, 3.05) is 5.32 Å². The lowest BCUT2D eigenvalue weighted by atomic mass is 9.98. The van der Waals surface area contributed by atoms with Crippen LogP contribution in [-0.4, -0.2) is 10.5 Å². The Hall–Kier alpha value is -1.57. The molecular formula is C16H22N2. The smallest absolute Gasteiger partial charge is 0.130 e. The van der Waals surface area contributed by atoms with E-state index in [1.54, 1.807) is 0 Å². The van der Waals surface area contributed by atoms with Gasteiger partial charge in [-0.1, -0.05) is 31.5 Å². The summed E-state index contributed by atoms with van der Waals surface area (Å²) >= 11 is 0. The Morgan fingerprint density at radius 1 is 1.22 bits per heavy atom. The van der Waals surface area contributed by atoms with Gasteiger partial charge < -0.3 is 5.32 Å². The number of nitrogens with zero attached hydrogens (tertiary/aromatic N) is 1. The van der Waals surface area contributed by atoms with Gasteiger partial charge in [0.1, 0.15) is 5.82 Å². The number of fused-ring (bicyclic) bond motifs is 1. The topological polar surface area (TPSA) is 24.9 Å². The molecule has 2 rings (SSSR count). The highest BCUT2D eigenvalue weighted by atomic mass is 15.0. The van der Waals surface area contributed by atoms with Gasteiger partial charge in [-0.3, -0.25) is 0 Å². The molecule has 0 aliphatic heterocycles. The van der Waals surface area contributed by atoms with Crippen LogP contribution in [0, 0.1) is 6.92 Å². The van der Waals surface area contributed by atoms with Crippen LogP contribution in [0.15, 0.2) is 30.3 Å². The second-order valence-corrected chi connectivity index (χ2v) is 5.61. The molecule has 1 N–H and O–H groups in total. The predicted molar refractivity (Wildman–Crippen MR) is 79.1 cm³/mol. The summed E-state index contributed by atoms with van der Waals surface area (Å²) < 4.78 is 0. The zero-order chi connectivity index (χ0) is 13.2. The van der Waals surface area contributed by atoms with Gasteiger partial charge in [-0.2, -0.15) is 0 Å². The molecule has 1 heterocycles. The molecular weight excluding hydrogens is 220 g/mol. The Morgan fingerprint density at radius 3 is 2.67 bits per heavy atom. The number of aromatic nitrogens is 1. The highest BCUT2D eigenvalue weighted by Gasteiger charge is 2.17. The van der Waals surface area contributed by atoms with Crippen molar-refractivity contribution in [3.63, 3.8) is 0 Å². The van der Waals surface area contributed by atoms with Crippen molar-refractivity contribution in [2.24, 2.45) is 0 Å². The van der Waals surface area contributed by atoms with Gasteiger partial charge in [-0.25, -0.2) is 4.98 Å². The molecule has 1 aromatic carbocycles. The number of pyridine rings is 1. The van der Waals surface area contributed by atoms with Crippen LogP contribution in [0.5, 0.6) is 0 Å². The minimum atomic E-state index is 0.0922. The van der Waals surface area contributed by atoms with Crippen molar-refractivity contribution < 1.29 is 0 Å². The van der Waals surface area contributed by atoms with E-state index in [0.717, 1.165) is 17.8 Å². The monoisotopic (exact) mass is 242 g/mol. The SMILES string of the molecule is CCCC(C)(C)Nc1nc2ccccc2cc1C. The van der Waals surface area contributed by atoms with Gasteiger partial charge in [-0.05, 0) is 44.9 Å². The minimum Gasteiger partial charge on any atom is -0.365 e. The van der Waals surface area contributed by atoms with E-state index in [-0.39, 0.29) is 5.54 Å². The lowest BCUT2D eigenvalue weighted by Gasteiger charge is -2.27. The summed E-state index contributed by atoms with van der Waals surface area (Å²) in [6.45, 7) is 8.79. The number of hydrogen-bond acceptors (Lipinski definition) is 2. The first kappa shape index (κ1) is 12.9. The molecule has 2 heteroatoms. The van der Waals surface area contributed by atoms with Crippen LogP contribution in [-0.2, 0) is 0 Å². The third kappa shape index (κ3) is 2.81. The molecule has 2 aromatic rings. The van der Waals surface area contributed by atoms with Crippen molar-refractivity contribution in [1.29, 1.82) is 0 Å². The van der Waals surface area contributed by atoms with Crippen molar-refractivity contribution in [3.05, 3.63) is 35.9 Å². The highest BCUT2D eigenvalue weighted by Crippen LogP contribution is 2.24. The van der Waals surface area contributed by atoms with E-state index in [2.05, 4.69) is 57.3 Å². The number of hydrogen-bond donors (Lipinski definition) is 1. The maximum Gasteiger partial charge on any atom is 0.130 e. The van der Waals surface area contributed by atoms with E-state index < -0.39 is 0 Å². The molecule has 0 bridgehead atoms. The number of rotatable bonds is 4. The van der Waals surface area contributed by atoms with Crippen LogP contribution >= 0.6 is 0 Å². The molecule has 1 aromatic heterocycles. The molecule has 0 spiro atoms. The normalized spacial score (nSPS) is 11.8. The Morgan fingerprint density at radius 2 is 1.94 bits per heavy atom. The van der Waals surface area contributed by atoms with Gasteiger partial charge in [0.2, 0.25) is 0 Å². The average Bonchev–Trinajstić information content (AvgIpc) is 2.29. The van der Waals surface area contributed by atoms with Crippen molar-refractivity contribution in [1.82, 2.24) is 4.98 Å². The molecule has 0 saturated heterocycles. The summed E-state index contributed by atoms with van der Waals surface area (Å²) in [6.07, 6.45) is 2.31. The van der Waals surface area contributed by atoms with Crippen LogP contribution in [0.2, 0.25) is 0 Å². The Balaban J connectivity index is 2.36. The molecule has 0 aliphatic carbocycles. The lowest BCUT2D eigenvalue weighted by molar-refractivity contribution is 0.509. The summed E-state index contributed by atoms with van der Waals surface area (Å²) in [5.41, 5.74) is 2.35. The van der Waals surface area contributed by atoms with Gasteiger partial charge in [-0.15, -0.1) is 0 Å². The van der Waals surface area contributed by atoms with Crippen LogP contribution in [0.4, 0.5) is 5.82 Å². The van der Waals surface area contributed by atoms with Gasteiger partial charge in [0.25, 0.3) is 0 Å². The number of nitrogens with one attached hydrogen (secondary N) is 1. The van der Waals surface area contributed by atoms with Gasteiger partial charge in [0.15, 0.2) is 0 Å². The third-order valence-electron chi connectivity index (χ3n) is 3.25. The van der Waals surface area contributed by atoms with E-state index in [1.807, 2.05) is 6.07 Å². The molecule has 96 valence electrons. The molecule has 0 aliphatic rings. The molecule has 2 nitrogen and oxygen atoms in total. The number of benzene rings is 1. The number of aryl methyl sites for hydroxylation is 1. The van der Waals surface area contributed by atoms with Crippen molar-refractivity contribution >= 4 is 16.7 Å². The summed E-state index contributed by atoms with van der Waals surface area (Å²) in [6, 6.07) is 10.5. The molecule has 0 atom stereocenters. The first-order valence-electron chi connectivity index (χ1n) is 6.66. The lowest BCUT2D eigenvalue weighted by Crippen LogP contribution is -2.31. The van der Waals surface area contributed by atoms with E-state index in [1.165, 1.54) is 17.4 Å². The molecule has 0 saturated carbocycles. The highest BCUT2D eigenvalue weighted by molar-refractivity contribution is 5.81. The van der Waals surface area contributed by atoms with Gasteiger partial charge >= 0.3 is 0 Å². The Labute approximate surface area is 109 Å². The van der Waals surface area contributed by atoms with E-state index in [9.17, 15) is 0 Å². The molecule has 0 fully saturated rings. The van der Waals surface area contributed by atoms with Gasteiger partial charge in [0.05, 0.1) is 5.52 Å². The van der Waals surface area contributed by atoms with Crippen molar-refractivity contribution in [2.45, 2.75) is 46.1 Å². The molecule has 0 amide bonds. The second kappa shape index (κ2) is 4.97. The van der Waals surface area contributed by atoms with Crippen LogP contribution in [0.3, 0.4) is 0 Å². The second-order valence-electron chi connectivity index (χ2n) is 5.61. The zero-order valence-corrected chi connectivity index (χ0v) is 11.7. The summed E-state index contributed by atoms with van der Waals surface area (Å²) in [4.78, 5) is 4.73. The van der Waals surface area contributed by atoms with Crippen LogP contribution < -0.4 is 5.32 Å². The standard InChI is InChI=1S/C16H22N2/c1-5-10-16(3,4)18-15-12(2)11-13-8-6-7-9-14(13)17-15/h6-9,11H,5,10H2,1-4H3,(H,17,18). The van der Waals surface area contributed by atoms with Crippen molar-refractivity contribution in [3.8, 4) is 0 Å². The van der Waals surface area contributed by atoms with E-state index in [0.29, 0.717) is 0 Å². The zero-order valence-electron chi connectivity index (χ0n) is 11.7. The fraction of sp³-hybridized carbons (Fsp3) is 0.438. The number of para-hydroxylation sites is 1. The number of anilines is 1. The predicted octanol–water partition coefficient (Wildman–Crippen LogP) is 4.53. The maximum absolute atomic E-state index is 4.73. The summed E-state index contributed by atoms with van der Waals surface area (Å²) in [7, 11) is 0. The largest absolute Gasteiger partial charge is 0.365 e. The first-order chi connectivity index (χ1) is 8.52. The molecule has 18 heavy (non-hydrogen) atoms. The Kier molecular flexibility index (Phi) is 3.55. The minimum absolute atomic E-state index is 0.0922. The van der Waals surface area contributed by atoms with Gasteiger partial charge in [0, 0.05) is 10.9 Å². The third-order valence-corrected chi connectivity index (χ3v) is 3.25. The average molecular weight is 242 g/mol. The quantitative estimate of drug-likeness (QED) is 0.851.